The number of pyridine rings is 1. The number of hydrogen-bond donors (Lipinski definition) is 0. The molecule has 1 aromatic heterocycles. The van der Waals surface area contributed by atoms with Crippen molar-refractivity contribution >= 4 is 61.3 Å². The van der Waals surface area contributed by atoms with E-state index in [0.29, 0.717) is 36.8 Å². The third-order valence-electron chi connectivity index (χ3n) is 3.56. The highest BCUT2D eigenvalue weighted by Gasteiger charge is 2.21. The minimum atomic E-state index is -0.518. The smallest absolute Gasteiger partial charge is 0.270 e. The Morgan fingerprint density at radius 2 is 1.88 bits per heavy atom. The number of hydrogen-bond acceptors (Lipinski definition) is 6. The SMILES string of the molecule is O=c1c(Cl)c2sc3nc(Cl)ccc3nc-2c2cc([N+](=O)[O-])ccc12. The van der Waals surface area contributed by atoms with Crippen LogP contribution in [-0.4, -0.2) is 14.9 Å². The molecule has 0 radical (unpaired) electrons. The van der Waals surface area contributed by atoms with Gasteiger partial charge in [0.25, 0.3) is 5.69 Å². The van der Waals surface area contributed by atoms with Crippen LogP contribution in [0.5, 0.6) is 0 Å². The third kappa shape index (κ3) is 2.21. The van der Waals surface area contributed by atoms with Crippen LogP contribution in [-0.2, 0) is 0 Å². The number of benzene rings is 2. The predicted molar refractivity (Wildman–Crippen MR) is 94.5 cm³/mol. The highest BCUT2D eigenvalue weighted by Crippen LogP contribution is 2.39. The summed E-state index contributed by atoms with van der Waals surface area (Å²) in [7, 11) is 0. The second-order valence-electron chi connectivity index (χ2n) is 4.98. The predicted octanol–water partition coefficient (Wildman–Crippen LogP) is 4.52. The first-order valence-corrected chi connectivity index (χ1v) is 8.19. The molecule has 1 aliphatic carbocycles. The average molecular weight is 378 g/mol. The van der Waals surface area contributed by atoms with E-state index < -0.39 is 10.4 Å². The lowest BCUT2D eigenvalue weighted by molar-refractivity contribution is -0.384. The van der Waals surface area contributed by atoms with Gasteiger partial charge in [0, 0.05) is 22.9 Å². The maximum absolute atomic E-state index is 12.5. The van der Waals surface area contributed by atoms with Crippen molar-refractivity contribution in [3.05, 3.63) is 60.8 Å². The third-order valence-corrected chi connectivity index (χ3v) is 5.34. The van der Waals surface area contributed by atoms with Crippen molar-refractivity contribution in [3.63, 3.8) is 0 Å². The fraction of sp³-hybridized carbons (Fsp3) is 0. The molecule has 0 bridgehead atoms. The van der Waals surface area contributed by atoms with Gasteiger partial charge in [-0.25, -0.2) is 9.97 Å². The molecule has 0 spiro atoms. The summed E-state index contributed by atoms with van der Waals surface area (Å²) in [6.07, 6.45) is 0. The quantitative estimate of drug-likeness (QED) is 0.160. The Balaban J connectivity index is 2.24. The highest BCUT2D eigenvalue weighted by molar-refractivity contribution is 7.21. The zero-order valence-electron chi connectivity index (χ0n) is 11.6. The second-order valence-corrected chi connectivity index (χ2v) is 6.74. The molecule has 2 aromatic rings. The molecule has 0 saturated heterocycles. The Bertz CT molecular complexity index is 1190. The molecular weight excluding hydrogens is 373 g/mol. The van der Waals surface area contributed by atoms with Gasteiger partial charge in [0.15, 0.2) is 0 Å². The van der Waals surface area contributed by atoms with Crippen LogP contribution < -0.4 is 5.43 Å². The minimum Gasteiger partial charge on any atom is -0.288 e. The van der Waals surface area contributed by atoms with Gasteiger partial charge in [-0.3, -0.25) is 14.9 Å². The molecule has 0 N–H and O–H groups in total. The van der Waals surface area contributed by atoms with Crippen LogP contribution in [0.1, 0.15) is 0 Å². The maximum atomic E-state index is 12.5. The van der Waals surface area contributed by atoms with E-state index in [1.807, 2.05) is 0 Å². The number of rotatable bonds is 1. The van der Waals surface area contributed by atoms with Crippen molar-refractivity contribution in [1.29, 1.82) is 0 Å². The zero-order chi connectivity index (χ0) is 17.0. The number of fused-ring (bicyclic) bond motifs is 4. The van der Waals surface area contributed by atoms with Gasteiger partial charge in [-0.2, -0.15) is 0 Å². The molecule has 4 rings (SSSR count). The first-order chi connectivity index (χ1) is 11.5. The first-order valence-electron chi connectivity index (χ1n) is 6.62. The van der Waals surface area contributed by atoms with E-state index in [9.17, 15) is 14.9 Å². The number of halogens is 2. The van der Waals surface area contributed by atoms with Crippen LogP contribution >= 0.6 is 34.5 Å². The molecule has 0 saturated carbocycles. The van der Waals surface area contributed by atoms with Gasteiger partial charge < -0.3 is 0 Å². The molecule has 0 atom stereocenters. The van der Waals surface area contributed by atoms with Crippen LogP contribution in [0.4, 0.5) is 5.69 Å². The van der Waals surface area contributed by atoms with Crippen molar-refractivity contribution < 1.29 is 4.92 Å². The summed E-state index contributed by atoms with van der Waals surface area (Å²) in [5.41, 5.74) is 0.486. The lowest BCUT2D eigenvalue weighted by Gasteiger charge is -2.11. The van der Waals surface area contributed by atoms with E-state index in [1.165, 1.54) is 29.5 Å². The molecule has 2 heterocycles. The molecule has 1 aliphatic heterocycles. The van der Waals surface area contributed by atoms with Gasteiger partial charge >= 0.3 is 0 Å². The topological polar surface area (TPSA) is 86.0 Å². The summed E-state index contributed by atoms with van der Waals surface area (Å²) in [5, 5.41) is 12.0. The number of nitrogens with zero attached hydrogens (tertiary/aromatic N) is 3. The largest absolute Gasteiger partial charge is 0.288 e. The Morgan fingerprint density at radius 1 is 1.08 bits per heavy atom. The standard InChI is InChI=1S/C15H5Cl2N3O3S/c16-10-4-3-9-15(19-10)24-14-11(17)13(21)7-2-1-6(20(22)23)5-8(7)12(14)18-9/h1-5H. The maximum Gasteiger partial charge on any atom is 0.270 e. The van der Waals surface area contributed by atoms with E-state index in [1.54, 1.807) is 12.1 Å². The molecule has 1 aromatic carbocycles. The molecular formula is C15H5Cl2N3O3S. The van der Waals surface area contributed by atoms with Crippen LogP contribution in [0.25, 0.3) is 31.7 Å². The summed E-state index contributed by atoms with van der Waals surface area (Å²) in [6, 6.07) is 7.31. The molecule has 6 nitrogen and oxygen atoms in total. The van der Waals surface area contributed by atoms with Crippen molar-refractivity contribution in [2.45, 2.75) is 0 Å². The molecule has 24 heavy (non-hydrogen) atoms. The lowest BCUT2D eigenvalue weighted by Crippen LogP contribution is -2.06. The van der Waals surface area contributed by atoms with E-state index >= 15 is 0 Å². The van der Waals surface area contributed by atoms with Crippen molar-refractivity contribution in [2.75, 3.05) is 0 Å². The second kappa shape index (κ2) is 5.34. The molecule has 2 aliphatic rings. The van der Waals surface area contributed by atoms with E-state index in [2.05, 4.69) is 9.97 Å². The van der Waals surface area contributed by atoms with E-state index in [-0.39, 0.29) is 10.7 Å². The molecule has 9 heteroatoms. The van der Waals surface area contributed by atoms with Gasteiger partial charge in [-0.05, 0) is 18.2 Å². The van der Waals surface area contributed by atoms with Gasteiger partial charge in [0.1, 0.15) is 15.0 Å². The van der Waals surface area contributed by atoms with Crippen molar-refractivity contribution in [3.8, 4) is 10.6 Å². The monoisotopic (exact) mass is 377 g/mol. The van der Waals surface area contributed by atoms with Gasteiger partial charge in [0.2, 0.25) is 5.43 Å². The Hall–Kier alpha value is -2.35. The minimum absolute atomic E-state index is 0.0209. The number of non-ortho nitro benzene ring substituents is 1. The fourth-order valence-electron chi connectivity index (χ4n) is 2.48. The average Bonchev–Trinajstić information content (AvgIpc) is 2.57. The van der Waals surface area contributed by atoms with Crippen LogP contribution in [0.2, 0.25) is 10.2 Å². The van der Waals surface area contributed by atoms with Crippen LogP contribution in [0.3, 0.4) is 0 Å². The van der Waals surface area contributed by atoms with E-state index in [0.717, 1.165) is 0 Å². The molecule has 118 valence electrons. The van der Waals surface area contributed by atoms with Gasteiger partial charge in [0.05, 0.1) is 21.0 Å². The fourth-order valence-corrected chi connectivity index (χ4v) is 3.97. The normalized spacial score (nSPS) is 11.4. The summed E-state index contributed by atoms with van der Waals surface area (Å²) in [4.78, 5) is 32.6. The number of nitro groups is 1. The van der Waals surface area contributed by atoms with E-state index in [4.69, 9.17) is 23.2 Å². The van der Waals surface area contributed by atoms with Crippen LogP contribution in [0, 0.1) is 10.1 Å². The molecule has 0 amide bonds. The van der Waals surface area contributed by atoms with Crippen molar-refractivity contribution in [1.82, 2.24) is 9.97 Å². The Labute approximate surface area is 147 Å². The Morgan fingerprint density at radius 3 is 2.62 bits per heavy atom. The molecule has 0 fully saturated rings. The summed E-state index contributed by atoms with van der Waals surface area (Å²) in [5.74, 6) is 0. The summed E-state index contributed by atoms with van der Waals surface area (Å²) < 4.78 is 0. The first kappa shape index (κ1) is 15.2. The Kier molecular flexibility index (Phi) is 3.38. The van der Waals surface area contributed by atoms with Gasteiger partial charge in [-0.15, -0.1) is 11.3 Å². The zero-order valence-corrected chi connectivity index (χ0v) is 13.9. The van der Waals surface area contributed by atoms with Gasteiger partial charge in [-0.1, -0.05) is 23.2 Å². The number of nitro benzene ring substituents is 1. The lowest BCUT2D eigenvalue weighted by atomic mass is 10.0. The van der Waals surface area contributed by atoms with Crippen LogP contribution in [0.15, 0.2) is 35.1 Å². The summed E-state index contributed by atoms with van der Waals surface area (Å²) >= 11 is 13.3. The number of aromatic nitrogens is 2. The van der Waals surface area contributed by atoms with Crippen molar-refractivity contribution in [2.24, 2.45) is 0 Å². The highest BCUT2D eigenvalue weighted by atomic mass is 35.5. The molecule has 0 unspecified atom stereocenters. The summed E-state index contributed by atoms with van der Waals surface area (Å²) in [6.45, 7) is 0.